The lowest BCUT2D eigenvalue weighted by Gasteiger charge is -2.29. The second-order valence-corrected chi connectivity index (χ2v) is 1.95. The molecule has 0 aromatic carbocycles. The van der Waals surface area contributed by atoms with Crippen molar-refractivity contribution in [3.63, 3.8) is 0 Å². The van der Waals surface area contributed by atoms with Gasteiger partial charge in [-0.2, -0.15) is 0 Å². The number of aliphatic hydroxyl groups excluding tert-OH is 2. The molecule has 1 aliphatic rings. The molecule has 0 spiro atoms. The molecule has 1 saturated heterocycles. The Bertz CT molecular complexity index is 67.3. The van der Waals surface area contributed by atoms with Crippen molar-refractivity contribution in [2.45, 2.75) is 18.6 Å². The van der Waals surface area contributed by atoms with E-state index in [9.17, 15) is 0 Å². The fourth-order valence-electron chi connectivity index (χ4n) is 0.675. The SMILES string of the molecule is OCC(O)C1CCO1. The van der Waals surface area contributed by atoms with Crippen molar-refractivity contribution in [1.29, 1.82) is 0 Å². The second kappa shape index (κ2) is 2.44. The zero-order valence-corrected chi connectivity index (χ0v) is 4.58. The molecular weight excluding hydrogens is 108 g/mol. The van der Waals surface area contributed by atoms with Gasteiger partial charge in [0.25, 0.3) is 0 Å². The number of hydrogen-bond donors (Lipinski definition) is 2. The fourth-order valence-corrected chi connectivity index (χ4v) is 0.675. The Labute approximate surface area is 47.9 Å². The van der Waals surface area contributed by atoms with E-state index in [2.05, 4.69) is 0 Å². The first kappa shape index (κ1) is 6.01. The van der Waals surface area contributed by atoms with Gasteiger partial charge in [0.15, 0.2) is 0 Å². The van der Waals surface area contributed by atoms with Crippen LogP contribution in [-0.2, 0) is 4.74 Å². The van der Waals surface area contributed by atoms with Crippen molar-refractivity contribution >= 4 is 0 Å². The summed E-state index contributed by atoms with van der Waals surface area (Å²) in [5.41, 5.74) is 0. The highest BCUT2D eigenvalue weighted by Crippen LogP contribution is 2.13. The van der Waals surface area contributed by atoms with Gasteiger partial charge in [-0.25, -0.2) is 0 Å². The minimum atomic E-state index is -0.663. The third-order valence-corrected chi connectivity index (χ3v) is 1.35. The Hall–Kier alpha value is -0.120. The van der Waals surface area contributed by atoms with Crippen LogP contribution >= 0.6 is 0 Å². The van der Waals surface area contributed by atoms with E-state index in [-0.39, 0.29) is 12.7 Å². The van der Waals surface area contributed by atoms with E-state index in [1.165, 1.54) is 0 Å². The molecule has 0 saturated carbocycles. The largest absolute Gasteiger partial charge is 0.394 e. The van der Waals surface area contributed by atoms with Gasteiger partial charge in [-0.1, -0.05) is 0 Å². The summed E-state index contributed by atoms with van der Waals surface area (Å²) in [4.78, 5) is 0. The quantitative estimate of drug-likeness (QED) is 0.495. The van der Waals surface area contributed by atoms with Gasteiger partial charge >= 0.3 is 0 Å². The molecule has 2 atom stereocenters. The highest BCUT2D eigenvalue weighted by atomic mass is 16.5. The monoisotopic (exact) mass is 118 g/mol. The fraction of sp³-hybridized carbons (Fsp3) is 1.00. The molecule has 3 nitrogen and oxygen atoms in total. The van der Waals surface area contributed by atoms with Crippen molar-refractivity contribution in [2.75, 3.05) is 13.2 Å². The molecule has 1 fully saturated rings. The minimum absolute atomic E-state index is 0.0972. The van der Waals surface area contributed by atoms with Crippen LogP contribution in [0.2, 0.25) is 0 Å². The van der Waals surface area contributed by atoms with Crippen LogP contribution in [-0.4, -0.2) is 35.6 Å². The molecule has 1 heterocycles. The second-order valence-electron chi connectivity index (χ2n) is 1.95. The third kappa shape index (κ3) is 0.992. The van der Waals surface area contributed by atoms with Crippen molar-refractivity contribution in [3.05, 3.63) is 0 Å². The highest BCUT2D eigenvalue weighted by molar-refractivity contribution is 4.73. The van der Waals surface area contributed by atoms with E-state index < -0.39 is 6.10 Å². The van der Waals surface area contributed by atoms with Crippen molar-refractivity contribution < 1.29 is 14.9 Å². The molecule has 0 aromatic rings. The molecule has 0 bridgehead atoms. The van der Waals surface area contributed by atoms with Gasteiger partial charge in [0.2, 0.25) is 0 Å². The lowest BCUT2D eigenvalue weighted by Crippen LogP contribution is -2.40. The van der Waals surface area contributed by atoms with Crippen molar-refractivity contribution in [2.24, 2.45) is 0 Å². The van der Waals surface area contributed by atoms with Gasteiger partial charge in [0.05, 0.1) is 12.7 Å². The van der Waals surface area contributed by atoms with E-state index in [0.29, 0.717) is 0 Å². The van der Waals surface area contributed by atoms with E-state index in [4.69, 9.17) is 14.9 Å². The molecule has 2 unspecified atom stereocenters. The number of rotatable bonds is 2. The summed E-state index contributed by atoms with van der Waals surface area (Å²) in [5.74, 6) is 0. The Morgan fingerprint density at radius 3 is 2.50 bits per heavy atom. The average molecular weight is 118 g/mol. The van der Waals surface area contributed by atoms with Crippen LogP contribution in [0.15, 0.2) is 0 Å². The highest BCUT2D eigenvalue weighted by Gasteiger charge is 2.25. The molecule has 0 aliphatic carbocycles. The predicted molar refractivity (Wildman–Crippen MR) is 27.4 cm³/mol. The van der Waals surface area contributed by atoms with Gasteiger partial charge < -0.3 is 14.9 Å². The number of hydrogen-bond acceptors (Lipinski definition) is 3. The Balaban J connectivity index is 2.13. The molecule has 3 heteroatoms. The van der Waals surface area contributed by atoms with Crippen molar-refractivity contribution in [3.8, 4) is 0 Å². The third-order valence-electron chi connectivity index (χ3n) is 1.35. The molecule has 2 N–H and O–H groups in total. The maximum Gasteiger partial charge on any atom is 0.103 e. The number of ether oxygens (including phenoxy) is 1. The topological polar surface area (TPSA) is 49.7 Å². The van der Waals surface area contributed by atoms with Gasteiger partial charge in [-0.05, 0) is 6.42 Å². The number of aliphatic hydroxyl groups is 2. The summed E-state index contributed by atoms with van der Waals surface area (Å²) in [6, 6.07) is 0. The molecule has 0 amide bonds. The van der Waals surface area contributed by atoms with Crippen LogP contribution in [0, 0.1) is 0 Å². The van der Waals surface area contributed by atoms with Crippen molar-refractivity contribution in [1.82, 2.24) is 0 Å². The van der Waals surface area contributed by atoms with Gasteiger partial charge in [0, 0.05) is 6.61 Å². The van der Waals surface area contributed by atoms with Crippen LogP contribution < -0.4 is 0 Å². The summed E-state index contributed by atoms with van der Waals surface area (Å²) in [6.45, 7) is 0.534. The first-order valence-corrected chi connectivity index (χ1v) is 2.75. The Morgan fingerprint density at radius 1 is 1.75 bits per heavy atom. The van der Waals surface area contributed by atoms with Gasteiger partial charge in [0.1, 0.15) is 6.10 Å². The predicted octanol–water partition coefficient (Wildman–Crippen LogP) is -0.872. The molecule has 1 aliphatic heterocycles. The van der Waals surface area contributed by atoms with Crippen LogP contribution in [0.3, 0.4) is 0 Å². The molecule has 1 rings (SSSR count). The van der Waals surface area contributed by atoms with Crippen LogP contribution in [0.1, 0.15) is 6.42 Å². The van der Waals surface area contributed by atoms with E-state index in [0.717, 1.165) is 13.0 Å². The first-order valence-electron chi connectivity index (χ1n) is 2.75. The summed E-state index contributed by atoms with van der Waals surface area (Å²) in [5, 5.41) is 17.1. The molecule has 48 valence electrons. The minimum Gasteiger partial charge on any atom is -0.394 e. The van der Waals surface area contributed by atoms with E-state index >= 15 is 0 Å². The summed E-state index contributed by atoms with van der Waals surface area (Å²) >= 11 is 0. The molecule has 0 aromatic heterocycles. The first-order chi connectivity index (χ1) is 3.84. The van der Waals surface area contributed by atoms with Crippen LogP contribution in [0.25, 0.3) is 0 Å². The van der Waals surface area contributed by atoms with E-state index in [1.807, 2.05) is 0 Å². The zero-order valence-electron chi connectivity index (χ0n) is 4.58. The lowest BCUT2D eigenvalue weighted by atomic mass is 10.1. The molecular formula is C5H10O3. The molecule has 0 radical (unpaired) electrons. The Kier molecular flexibility index (Phi) is 1.83. The normalized spacial score (nSPS) is 31.5. The maximum absolute atomic E-state index is 8.80. The van der Waals surface area contributed by atoms with E-state index in [1.54, 1.807) is 0 Å². The van der Waals surface area contributed by atoms with Crippen LogP contribution in [0.5, 0.6) is 0 Å². The zero-order chi connectivity index (χ0) is 5.98. The Morgan fingerprint density at radius 2 is 2.38 bits per heavy atom. The molecule has 8 heavy (non-hydrogen) atoms. The average Bonchev–Trinajstić information content (AvgIpc) is 1.62. The maximum atomic E-state index is 8.80. The smallest absolute Gasteiger partial charge is 0.103 e. The summed E-state index contributed by atoms with van der Waals surface area (Å²) in [7, 11) is 0. The summed E-state index contributed by atoms with van der Waals surface area (Å²) < 4.78 is 4.87. The van der Waals surface area contributed by atoms with Crippen LogP contribution in [0.4, 0.5) is 0 Å². The van der Waals surface area contributed by atoms with Gasteiger partial charge in [-0.15, -0.1) is 0 Å². The lowest BCUT2D eigenvalue weighted by molar-refractivity contribution is -0.128. The van der Waals surface area contributed by atoms with Gasteiger partial charge in [-0.3, -0.25) is 0 Å². The standard InChI is InChI=1S/C5H10O3/c6-3-4(7)5-1-2-8-5/h4-7H,1-3H2. The summed E-state index contributed by atoms with van der Waals surface area (Å²) in [6.07, 6.45) is 0.116.